The number of rotatable bonds is 8. The molecule has 0 amide bonds. The average Bonchev–Trinajstić information content (AvgIpc) is 2.79. The molecule has 4 aromatic rings. The molecule has 0 unspecified atom stereocenters. The van der Waals surface area contributed by atoms with Crippen molar-refractivity contribution in [3.8, 4) is 11.5 Å². The highest BCUT2D eigenvalue weighted by Crippen LogP contribution is 2.35. The van der Waals surface area contributed by atoms with Gasteiger partial charge in [-0.25, -0.2) is 0 Å². The first kappa shape index (κ1) is 21.2. The van der Waals surface area contributed by atoms with E-state index in [4.69, 9.17) is 9.47 Å². The van der Waals surface area contributed by atoms with Crippen molar-refractivity contribution in [1.82, 2.24) is 0 Å². The summed E-state index contributed by atoms with van der Waals surface area (Å²) < 4.78 is 13.1. The predicted octanol–water partition coefficient (Wildman–Crippen LogP) is 6.87. The van der Waals surface area contributed by atoms with E-state index in [1.165, 1.54) is 10.8 Å². The smallest absolute Gasteiger partial charge is 0.175 e. The minimum Gasteiger partial charge on any atom is -0.490 e. The molecule has 4 aromatic carbocycles. The molecule has 0 spiro atoms. The van der Waals surface area contributed by atoms with E-state index in [0.717, 1.165) is 31.9 Å². The molecule has 156 valence electrons. The van der Waals surface area contributed by atoms with Crippen molar-refractivity contribution in [3.05, 3.63) is 99.6 Å². The van der Waals surface area contributed by atoms with Gasteiger partial charge in [-0.3, -0.25) is 5.43 Å². The van der Waals surface area contributed by atoms with Gasteiger partial charge in [0, 0.05) is 0 Å². The third-order valence-electron chi connectivity index (χ3n) is 4.76. The number of fused-ring (bicyclic) bond motifs is 1. The van der Waals surface area contributed by atoms with Gasteiger partial charge < -0.3 is 9.47 Å². The Balaban J connectivity index is 1.54. The highest BCUT2D eigenvalue weighted by Gasteiger charge is 2.13. The number of benzene rings is 4. The van der Waals surface area contributed by atoms with Gasteiger partial charge in [0.05, 0.1) is 22.1 Å². The number of para-hydroxylation sites is 1. The van der Waals surface area contributed by atoms with E-state index in [0.29, 0.717) is 13.2 Å². The Bertz CT molecular complexity index is 1190. The van der Waals surface area contributed by atoms with Gasteiger partial charge in [0.1, 0.15) is 6.61 Å². The lowest BCUT2D eigenvalue weighted by Crippen LogP contribution is -2.03. The molecule has 4 nitrogen and oxygen atoms in total. The van der Waals surface area contributed by atoms with Crippen LogP contribution >= 0.6 is 22.6 Å². The van der Waals surface area contributed by atoms with Crippen LogP contribution in [0.1, 0.15) is 18.1 Å². The molecule has 0 saturated heterocycles. The monoisotopic (exact) mass is 522 g/mol. The van der Waals surface area contributed by atoms with Crippen LogP contribution in [-0.2, 0) is 6.61 Å². The van der Waals surface area contributed by atoms with E-state index in [1.807, 2.05) is 49.4 Å². The number of hydrogen-bond acceptors (Lipinski definition) is 4. The fourth-order valence-corrected chi connectivity index (χ4v) is 4.11. The molecule has 0 aliphatic carbocycles. The number of hydrogen-bond donors (Lipinski definition) is 1. The Labute approximate surface area is 196 Å². The fourth-order valence-electron chi connectivity index (χ4n) is 3.33. The zero-order valence-electron chi connectivity index (χ0n) is 17.2. The molecule has 0 radical (unpaired) electrons. The van der Waals surface area contributed by atoms with E-state index in [9.17, 15) is 0 Å². The van der Waals surface area contributed by atoms with Crippen LogP contribution in [0, 0.1) is 3.57 Å². The van der Waals surface area contributed by atoms with Crippen LogP contribution in [0.2, 0.25) is 0 Å². The average molecular weight is 522 g/mol. The number of hydrazone groups is 1. The lowest BCUT2D eigenvalue weighted by Gasteiger charge is -2.15. The molecule has 0 aliphatic rings. The standard InChI is InChI=1S/C26H23IN2O2/c1-2-30-25-16-19(17-28-29-22-12-4-3-5-13-22)15-24(27)26(25)31-18-21-11-8-10-20-9-6-7-14-23(20)21/h3-17,29H,2,18H2,1H3/b28-17-. The Morgan fingerprint density at radius 1 is 0.903 bits per heavy atom. The molecule has 5 heteroatoms. The highest BCUT2D eigenvalue weighted by molar-refractivity contribution is 14.1. The first-order valence-corrected chi connectivity index (χ1v) is 11.2. The summed E-state index contributed by atoms with van der Waals surface area (Å²) in [7, 11) is 0. The van der Waals surface area contributed by atoms with Crippen LogP contribution < -0.4 is 14.9 Å². The summed E-state index contributed by atoms with van der Waals surface area (Å²) in [6.45, 7) is 3.00. The lowest BCUT2D eigenvalue weighted by atomic mass is 10.1. The van der Waals surface area contributed by atoms with Crippen LogP contribution in [0.5, 0.6) is 11.5 Å². The third-order valence-corrected chi connectivity index (χ3v) is 5.57. The maximum Gasteiger partial charge on any atom is 0.175 e. The second-order valence-corrected chi connectivity index (χ2v) is 8.09. The first-order chi connectivity index (χ1) is 15.2. The normalized spacial score (nSPS) is 11.0. The molecule has 0 fully saturated rings. The second kappa shape index (κ2) is 10.3. The van der Waals surface area contributed by atoms with Crippen molar-refractivity contribution in [3.63, 3.8) is 0 Å². The molecule has 0 aromatic heterocycles. The van der Waals surface area contributed by atoms with E-state index in [-0.39, 0.29) is 0 Å². The van der Waals surface area contributed by atoms with E-state index in [2.05, 4.69) is 75.6 Å². The van der Waals surface area contributed by atoms with Crippen LogP contribution in [0.25, 0.3) is 10.8 Å². The van der Waals surface area contributed by atoms with Gasteiger partial charge in [-0.2, -0.15) is 5.10 Å². The van der Waals surface area contributed by atoms with Crippen LogP contribution in [0.4, 0.5) is 5.69 Å². The first-order valence-electron chi connectivity index (χ1n) is 10.1. The minimum absolute atomic E-state index is 0.473. The molecule has 0 bridgehead atoms. The Morgan fingerprint density at radius 2 is 1.68 bits per heavy atom. The number of anilines is 1. The van der Waals surface area contributed by atoms with Crippen molar-refractivity contribution in [1.29, 1.82) is 0 Å². The molecule has 31 heavy (non-hydrogen) atoms. The van der Waals surface area contributed by atoms with Gasteiger partial charge in [-0.05, 0) is 75.7 Å². The van der Waals surface area contributed by atoms with Crippen molar-refractivity contribution in [2.75, 3.05) is 12.0 Å². The van der Waals surface area contributed by atoms with Crippen LogP contribution in [0.15, 0.2) is 90.0 Å². The molecule has 0 atom stereocenters. The third kappa shape index (κ3) is 5.35. The summed E-state index contributed by atoms with van der Waals surface area (Å²) in [5.41, 5.74) is 6.06. The molecule has 0 aliphatic heterocycles. The Hall–Kier alpha value is -3.06. The zero-order valence-corrected chi connectivity index (χ0v) is 19.4. The van der Waals surface area contributed by atoms with Crippen molar-refractivity contribution in [2.24, 2.45) is 5.10 Å². The van der Waals surface area contributed by atoms with Crippen LogP contribution in [-0.4, -0.2) is 12.8 Å². The SMILES string of the molecule is CCOc1cc(/C=N\Nc2ccccc2)cc(I)c1OCc1cccc2ccccc12. The fraction of sp³-hybridized carbons (Fsp3) is 0.115. The number of nitrogens with one attached hydrogen (secondary N) is 1. The molecular formula is C26H23IN2O2. The van der Waals surface area contributed by atoms with Gasteiger partial charge in [0.25, 0.3) is 0 Å². The maximum absolute atomic E-state index is 6.25. The van der Waals surface area contributed by atoms with Crippen molar-refractivity contribution in [2.45, 2.75) is 13.5 Å². The van der Waals surface area contributed by atoms with E-state index in [1.54, 1.807) is 6.21 Å². The topological polar surface area (TPSA) is 42.8 Å². The van der Waals surface area contributed by atoms with E-state index >= 15 is 0 Å². The summed E-state index contributed by atoms with van der Waals surface area (Å²) in [6, 6.07) is 28.5. The van der Waals surface area contributed by atoms with Gasteiger partial charge >= 0.3 is 0 Å². The lowest BCUT2D eigenvalue weighted by molar-refractivity contribution is 0.268. The van der Waals surface area contributed by atoms with Gasteiger partial charge in [-0.1, -0.05) is 60.7 Å². The Morgan fingerprint density at radius 3 is 2.52 bits per heavy atom. The molecule has 0 heterocycles. The maximum atomic E-state index is 6.25. The quantitative estimate of drug-likeness (QED) is 0.156. The van der Waals surface area contributed by atoms with Crippen LogP contribution in [0.3, 0.4) is 0 Å². The largest absolute Gasteiger partial charge is 0.490 e. The summed E-state index contributed by atoms with van der Waals surface area (Å²) >= 11 is 2.29. The molecule has 0 saturated carbocycles. The second-order valence-electron chi connectivity index (χ2n) is 6.93. The zero-order chi connectivity index (χ0) is 21.5. The molecule has 1 N–H and O–H groups in total. The summed E-state index contributed by atoms with van der Waals surface area (Å²) in [5.74, 6) is 1.47. The van der Waals surface area contributed by atoms with E-state index < -0.39 is 0 Å². The van der Waals surface area contributed by atoms with Crippen molar-refractivity contribution >= 4 is 45.3 Å². The summed E-state index contributed by atoms with van der Waals surface area (Å²) in [5, 5.41) is 6.75. The Kier molecular flexibility index (Phi) is 7.04. The van der Waals surface area contributed by atoms with Crippen molar-refractivity contribution < 1.29 is 9.47 Å². The summed E-state index contributed by atoms with van der Waals surface area (Å²) in [4.78, 5) is 0. The minimum atomic E-state index is 0.473. The summed E-state index contributed by atoms with van der Waals surface area (Å²) in [6.07, 6.45) is 1.78. The molecule has 4 rings (SSSR count). The van der Waals surface area contributed by atoms with Gasteiger partial charge in [0.2, 0.25) is 0 Å². The highest BCUT2D eigenvalue weighted by atomic mass is 127. The predicted molar refractivity (Wildman–Crippen MR) is 136 cm³/mol. The van der Waals surface area contributed by atoms with Gasteiger partial charge in [-0.15, -0.1) is 0 Å². The number of nitrogens with zero attached hydrogens (tertiary/aromatic N) is 1. The molecular weight excluding hydrogens is 499 g/mol. The van der Waals surface area contributed by atoms with Gasteiger partial charge in [0.15, 0.2) is 11.5 Å². The number of ether oxygens (including phenoxy) is 2. The number of halogens is 1.